The van der Waals surface area contributed by atoms with E-state index in [-0.39, 0.29) is 0 Å². The monoisotopic (exact) mass is 536 g/mol. The predicted octanol–water partition coefficient (Wildman–Crippen LogP) is 5.08. The average Bonchev–Trinajstić information content (AvgIpc) is 3.35. The lowest BCUT2D eigenvalue weighted by Gasteiger charge is -2.42. The maximum atomic E-state index is 6.76. The minimum Gasteiger partial charge on any atom is -0.370 e. The number of anilines is 3. The van der Waals surface area contributed by atoms with Crippen LogP contribution < -0.4 is 10.2 Å². The second-order valence-corrected chi connectivity index (χ2v) is 10.6. The summed E-state index contributed by atoms with van der Waals surface area (Å²) in [5.41, 5.74) is 2.82. The van der Waals surface area contributed by atoms with Gasteiger partial charge in [0.25, 0.3) is 0 Å². The summed E-state index contributed by atoms with van der Waals surface area (Å²) in [4.78, 5) is 16.5. The number of piperazine rings is 1. The molecule has 0 unspecified atom stereocenters. The molecule has 10 heteroatoms. The average molecular weight is 537 g/mol. The zero-order chi connectivity index (χ0) is 25.4. The van der Waals surface area contributed by atoms with Crippen molar-refractivity contribution in [2.45, 2.75) is 18.9 Å². The number of nitrogens with zero attached hydrogens (tertiary/aromatic N) is 7. The maximum Gasteiger partial charge on any atom is 0.229 e. The largest absolute Gasteiger partial charge is 0.370 e. The second kappa shape index (κ2) is 10.5. The quantitative estimate of drug-likeness (QED) is 0.381. The fourth-order valence-electron chi connectivity index (χ4n) is 5.34. The molecule has 2 saturated heterocycles. The summed E-state index contributed by atoms with van der Waals surface area (Å²) < 4.78 is 1.73. The molecule has 0 aliphatic carbocycles. The van der Waals surface area contributed by atoms with E-state index in [0.29, 0.717) is 22.8 Å². The molecule has 2 fully saturated rings. The Bertz CT molecular complexity index is 1390. The summed E-state index contributed by atoms with van der Waals surface area (Å²) in [5, 5.41) is 9.90. The smallest absolute Gasteiger partial charge is 0.229 e. The molecule has 0 atom stereocenters. The standard InChI is InChI=1S/C27H30Cl2N8/c1-34-12-14-35(15-13-34)21-8-10-36(11-9-21)25-7-6-20(16-22(25)28)32-27-30-18-23(29)26(33-27)37-24-5-3-2-4-19(24)17-31-37/h2-7,16-18,21H,8-15H2,1H3,(H,30,32,33). The summed E-state index contributed by atoms with van der Waals surface area (Å²) in [6.07, 6.45) is 5.73. The molecular weight excluding hydrogens is 507 g/mol. The van der Waals surface area contributed by atoms with Gasteiger partial charge in [0.05, 0.1) is 28.6 Å². The molecular formula is C27H30Cl2N8. The van der Waals surface area contributed by atoms with Gasteiger partial charge in [-0.05, 0) is 44.2 Å². The summed E-state index contributed by atoms with van der Waals surface area (Å²) in [7, 11) is 2.21. The van der Waals surface area contributed by atoms with E-state index in [9.17, 15) is 0 Å². The minimum atomic E-state index is 0.424. The first-order valence-corrected chi connectivity index (χ1v) is 13.5. The number of para-hydroxylation sites is 1. The first-order valence-electron chi connectivity index (χ1n) is 12.7. The van der Waals surface area contributed by atoms with E-state index in [1.54, 1.807) is 17.1 Å². The topological polar surface area (TPSA) is 65.3 Å². The van der Waals surface area contributed by atoms with Crippen molar-refractivity contribution in [2.75, 3.05) is 56.5 Å². The Hall–Kier alpha value is -2.91. The number of benzene rings is 2. The first-order chi connectivity index (χ1) is 18.0. The van der Waals surface area contributed by atoms with Gasteiger partial charge in [-0.1, -0.05) is 41.4 Å². The van der Waals surface area contributed by atoms with Gasteiger partial charge >= 0.3 is 0 Å². The number of hydrogen-bond donors (Lipinski definition) is 1. The number of likely N-dealkylation sites (N-methyl/N-ethyl adjacent to an activating group) is 1. The van der Waals surface area contributed by atoms with Gasteiger partial charge in [-0.25, -0.2) is 9.67 Å². The van der Waals surface area contributed by atoms with E-state index >= 15 is 0 Å². The molecule has 2 aromatic heterocycles. The number of fused-ring (bicyclic) bond motifs is 1. The van der Waals surface area contributed by atoms with Crippen LogP contribution in [0.3, 0.4) is 0 Å². The number of nitrogens with one attached hydrogen (secondary N) is 1. The zero-order valence-corrected chi connectivity index (χ0v) is 22.3. The maximum absolute atomic E-state index is 6.76. The Kier molecular flexibility index (Phi) is 6.90. The Morgan fingerprint density at radius 1 is 0.892 bits per heavy atom. The van der Waals surface area contributed by atoms with E-state index in [1.165, 1.54) is 25.9 Å². The highest BCUT2D eigenvalue weighted by atomic mass is 35.5. The lowest BCUT2D eigenvalue weighted by molar-refractivity contribution is 0.0982. The minimum absolute atomic E-state index is 0.424. The van der Waals surface area contributed by atoms with Crippen LogP contribution in [0.4, 0.5) is 17.3 Å². The van der Waals surface area contributed by atoms with E-state index < -0.39 is 0 Å². The zero-order valence-electron chi connectivity index (χ0n) is 20.8. The van der Waals surface area contributed by atoms with Gasteiger partial charge in [0.1, 0.15) is 5.02 Å². The first kappa shape index (κ1) is 24.4. The number of rotatable bonds is 5. The van der Waals surface area contributed by atoms with Crippen molar-refractivity contribution in [3.63, 3.8) is 0 Å². The SMILES string of the molecule is CN1CCN(C2CCN(c3ccc(Nc4ncc(Cl)c(-n5ncc6ccccc65)n4)cc3Cl)CC2)CC1. The van der Waals surface area contributed by atoms with Crippen molar-refractivity contribution in [1.82, 2.24) is 29.5 Å². The van der Waals surface area contributed by atoms with Crippen LogP contribution in [0, 0.1) is 0 Å². The molecule has 0 spiro atoms. The normalized spacial score (nSPS) is 18.0. The number of hydrogen-bond acceptors (Lipinski definition) is 7. The van der Waals surface area contributed by atoms with Crippen LogP contribution in [0.5, 0.6) is 0 Å². The van der Waals surface area contributed by atoms with Crippen LogP contribution in [0.2, 0.25) is 10.0 Å². The molecule has 192 valence electrons. The van der Waals surface area contributed by atoms with Crippen LogP contribution in [-0.2, 0) is 0 Å². The Balaban J connectivity index is 1.14. The van der Waals surface area contributed by atoms with Gasteiger partial charge in [-0.2, -0.15) is 10.1 Å². The molecule has 2 aliphatic heterocycles. The Morgan fingerprint density at radius 3 is 2.46 bits per heavy atom. The van der Waals surface area contributed by atoms with Crippen molar-refractivity contribution >= 4 is 51.4 Å². The molecule has 0 radical (unpaired) electrons. The third-order valence-electron chi connectivity index (χ3n) is 7.47. The third kappa shape index (κ3) is 5.11. The fourth-order valence-corrected chi connectivity index (χ4v) is 5.81. The van der Waals surface area contributed by atoms with Gasteiger partial charge in [0.2, 0.25) is 5.95 Å². The van der Waals surface area contributed by atoms with Crippen molar-refractivity contribution in [3.05, 3.63) is 64.9 Å². The van der Waals surface area contributed by atoms with Crippen LogP contribution in [0.15, 0.2) is 54.9 Å². The third-order valence-corrected chi connectivity index (χ3v) is 8.04. The molecule has 37 heavy (non-hydrogen) atoms. The molecule has 4 aromatic rings. The lowest BCUT2D eigenvalue weighted by atomic mass is 10.0. The molecule has 4 heterocycles. The predicted molar refractivity (Wildman–Crippen MR) is 151 cm³/mol. The van der Waals surface area contributed by atoms with Crippen molar-refractivity contribution in [3.8, 4) is 5.82 Å². The number of piperidine rings is 1. The van der Waals surface area contributed by atoms with E-state index in [4.69, 9.17) is 23.2 Å². The Morgan fingerprint density at radius 2 is 1.68 bits per heavy atom. The summed E-state index contributed by atoms with van der Waals surface area (Å²) >= 11 is 13.2. The number of halogens is 2. The lowest BCUT2D eigenvalue weighted by Crippen LogP contribution is -2.52. The van der Waals surface area contributed by atoms with Gasteiger partial charge < -0.3 is 15.1 Å². The van der Waals surface area contributed by atoms with Gasteiger partial charge in [-0.3, -0.25) is 4.90 Å². The molecule has 8 nitrogen and oxygen atoms in total. The van der Waals surface area contributed by atoms with Gasteiger partial charge in [0.15, 0.2) is 5.82 Å². The molecule has 2 aliphatic rings. The van der Waals surface area contributed by atoms with Crippen molar-refractivity contribution < 1.29 is 0 Å². The van der Waals surface area contributed by atoms with E-state index in [0.717, 1.165) is 53.5 Å². The molecule has 0 amide bonds. The summed E-state index contributed by atoms with van der Waals surface area (Å²) in [6, 6.07) is 14.6. The van der Waals surface area contributed by atoms with Crippen LogP contribution in [-0.4, -0.2) is 81.9 Å². The molecule has 2 aromatic carbocycles. The van der Waals surface area contributed by atoms with Crippen molar-refractivity contribution in [2.24, 2.45) is 0 Å². The highest BCUT2D eigenvalue weighted by molar-refractivity contribution is 6.33. The van der Waals surface area contributed by atoms with E-state index in [1.807, 2.05) is 36.4 Å². The summed E-state index contributed by atoms with van der Waals surface area (Å²) in [6.45, 7) is 6.71. The van der Waals surface area contributed by atoms with Crippen molar-refractivity contribution in [1.29, 1.82) is 0 Å². The van der Waals surface area contributed by atoms with Crippen LogP contribution in [0.1, 0.15) is 12.8 Å². The fraction of sp³-hybridized carbons (Fsp3) is 0.370. The Labute approximate surface area is 226 Å². The molecule has 0 bridgehead atoms. The number of aromatic nitrogens is 4. The molecule has 6 rings (SSSR count). The molecule has 1 N–H and O–H groups in total. The van der Waals surface area contributed by atoms with Gasteiger partial charge in [-0.15, -0.1) is 0 Å². The molecule has 0 saturated carbocycles. The summed E-state index contributed by atoms with van der Waals surface area (Å²) in [5.74, 6) is 0.946. The van der Waals surface area contributed by atoms with Gasteiger partial charge in [0, 0.05) is 56.4 Å². The van der Waals surface area contributed by atoms with E-state index in [2.05, 4.69) is 48.2 Å². The van der Waals surface area contributed by atoms with Crippen LogP contribution >= 0.6 is 23.2 Å². The highest BCUT2D eigenvalue weighted by Crippen LogP contribution is 2.33. The van der Waals surface area contributed by atoms with Crippen LogP contribution in [0.25, 0.3) is 16.7 Å². The highest BCUT2D eigenvalue weighted by Gasteiger charge is 2.27. The second-order valence-electron chi connectivity index (χ2n) is 9.83.